The summed E-state index contributed by atoms with van der Waals surface area (Å²) < 4.78 is 1.81. The zero-order valence-corrected chi connectivity index (χ0v) is 13.3. The second-order valence-electron chi connectivity index (χ2n) is 5.42. The molecule has 6 heteroatoms. The number of rotatable bonds is 4. The van der Waals surface area contributed by atoms with E-state index in [-0.39, 0.29) is 30.4 Å². The number of carbonyl (C=O) groups is 1. The van der Waals surface area contributed by atoms with Gasteiger partial charge in [0.05, 0.1) is 17.8 Å². The third kappa shape index (κ3) is 3.67. The van der Waals surface area contributed by atoms with Gasteiger partial charge < -0.3 is 10.6 Å². The molecule has 0 bridgehead atoms. The van der Waals surface area contributed by atoms with E-state index in [1.807, 2.05) is 48.1 Å². The Hall–Kier alpha value is -1.85. The lowest BCUT2D eigenvalue weighted by molar-refractivity contribution is -0.123. The van der Waals surface area contributed by atoms with Crippen LogP contribution in [0, 0.1) is 0 Å². The van der Waals surface area contributed by atoms with Crippen molar-refractivity contribution in [1.29, 1.82) is 0 Å². The molecule has 1 aromatic heterocycles. The van der Waals surface area contributed by atoms with Gasteiger partial charge in [-0.25, -0.2) is 4.68 Å². The number of hydrogen-bond donors (Lipinski definition) is 2. The molecule has 1 aliphatic rings. The maximum Gasteiger partial charge on any atom is 0.237 e. The van der Waals surface area contributed by atoms with Crippen LogP contribution >= 0.6 is 12.4 Å². The third-order valence-electron chi connectivity index (χ3n) is 3.90. The van der Waals surface area contributed by atoms with E-state index in [4.69, 9.17) is 0 Å². The van der Waals surface area contributed by atoms with Gasteiger partial charge >= 0.3 is 0 Å². The Kier molecular flexibility index (Phi) is 5.57. The van der Waals surface area contributed by atoms with E-state index in [0.717, 1.165) is 30.6 Å². The second kappa shape index (κ2) is 7.42. The average molecular weight is 321 g/mol. The molecule has 0 aliphatic carbocycles. The SMILES string of the molecule is CC(NC(=O)C1CCCN1)c1ccc(-n2cccn2)cc1.Cl. The van der Waals surface area contributed by atoms with Crippen LogP contribution < -0.4 is 10.6 Å². The first-order chi connectivity index (χ1) is 10.2. The summed E-state index contributed by atoms with van der Waals surface area (Å²) in [5, 5.41) is 10.5. The predicted octanol–water partition coefficient (Wildman–Crippen LogP) is 2.22. The van der Waals surface area contributed by atoms with Crippen molar-refractivity contribution in [2.45, 2.75) is 31.8 Å². The summed E-state index contributed by atoms with van der Waals surface area (Å²) in [6.07, 6.45) is 5.67. The Labute approximate surface area is 136 Å². The summed E-state index contributed by atoms with van der Waals surface area (Å²) in [6.45, 7) is 2.95. The van der Waals surface area contributed by atoms with Crippen LogP contribution in [-0.4, -0.2) is 28.3 Å². The van der Waals surface area contributed by atoms with Crippen molar-refractivity contribution < 1.29 is 4.79 Å². The highest BCUT2D eigenvalue weighted by atomic mass is 35.5. The summed E-state index contributed by atoms with van der Waals surface area (Å²) in [5.74, 6) is 0.0937. The highest BCUT2D eigenvalue weighted by Crippen LogP contribution is 2.16. The van der Waals surface area contributed by atoms with Crippen LogP contribution in [0.4, 0.5) is 0 Å². The first-order valence-electron chi connectivity index (χ1n) is 7.38. The van der Waals surface area contributed by atoms with Crippen molar-refractivity contribution in [3.05, 3.63) is 48.3 Å². The zero-order chi connectivity index (χ0) is 14.7. The lowest BCUT2D eigenvalue weighted by Gasteiger charge is -2.18. The van der Waals surface area contributed by atoms with Crippen LogP contribution in [0.15, 0.2) is 42.7 Å². The molecule has 0 spiro atoms. The first-order valence-corrected chi connectivity index (χ1v) is 7.38. The van der Waals surface area contributed by atoms with E-state index in [1.165, 1.54) is 0 Å². The highest BCUT2D eigenvalue weighted by Gasteiger charge is 2.23. The maximum absolute atomic E-state index is 12.1. The maximum atomic E-state index is 12.1. The smallest absolute Gasteiger partial charge is 0.237 e. The minimum Gasteiger partial charge on any atom is -0.348 e. The molecule has 1 saturated heterocycles. The van der Waals surface area contributed by atoms with Crippen LogP contribution in [0.3, 0.4) is 0 Å². The summed E-state index contributed by atoms with van der Waals surface area (Å²) in [4.78, 5) is 12.1. The number of nitrogens with zero attached hydrogens (tertiary/aromatic N) is 2. The number of halogens is 1. The van der Waals surface area contributed by atoms with E-state index in [0.29, 0.717) is 0 Å². The topological polar surface area (TPSA) is 59.0 Å². The average Bonchev–Trinajstić information content (AvgIpc) is 3.20. The van der Waals surface area contributed by atoms with Crippen LogP contribution in [0.1, 0.15) is 31.4 Å². The standard InChI is InChI=1S/C16H20N4O.ClH/c1-12(19-16(21)15-4-2-9-17-15)13-5-7-14(8-6-13)20-11-3-10-18-20;/h3,5-8,10-12,15,17H,2,4,9H2,1H3,(H,19,21);1H. The van der Waals surface area contributed by atoms with Gasteiger partial charge in [-0.05, 0) is 50.1 Å². The number of hydrogen-bond acceptors (Lipinski definition) is 3. The van der Waals surface area contributed by atoms with E-state index in [9.17, 15) is 4.79 Å². The molecule has 2 atom stereocenters. The van der Waals surface area contributed by atoms with Gasteiger partial charge in [0.25, 0.3) is 0 Å². The number of nitrogens with one attached hydrogen (secondary N) is 2. The lowest BCUT2D eigenvalue weighted by Crippen LogP contribution is -2.41. The predicted molar refractivity (Wildman–Crippen MR) is 88.4 cm³/mol. The van der Waals surface area contributed by atoms with Gasteiger partial charge in [0.15, 0.2) is 0 Å². The van der Waals surface area contributed by atoms with Crippen LogP contribution in [0.25, 0.3) is 5.69 Å². The van der Waals surface area contributed by atoms with Gasteiger partial charge in [-0.15, -0.1) is 12.4 Å². The molecule has 1 amide bonds. The monoisotopic (exact) mass is 320 g/mol. The normalized spacial score (nSPS) is 18.5. The molecular formula is C16H21ClN4O. The van der Waals surface area contributed by atoms with Gasteiger partial charge in [-0.2, -0.15) is 5.10 Å². The van der Waals surface area contributed by atoms with Crippen LogP contribution in [0.5, 0.6) is 0 Å². The fourth-order valence-electron chi connectivity index (χ4n) is 2.64. The molecule has 3 rings (SSSR count). The Morgan fingerprint density at radius 1 is 1.41 bits per heavy atom. The molecule has 0 saturated carbocycles. The molecule has 2 unspecified atom stereocenters. The molecule has 0 radical (unpaired) electrons. The van der Waals surface area contributed by atoms with Gasteiger partial charge in [0, 0.05) is 12.4 Å². The summed E-state index contributed by atoms with van der Waals surface area (Å²) in [6, 6.07) is 9.96. The quantitative estimate of drug-likeness (QED) is 0.908. The van der Waals surface area contributed by atoms with Gasteiger partial charge in [0.1, 0.15) is 0 Å². The Bertz CT molecular complexity index is 591. The zero-order valence-electron chi connectivity index (χ0n) is 12.5. The van der Waals surface area contributed by atoms with Crippen molar-refractivity contribution in [1.82, 2.24) is 20.4 Å². The van der Waals surface area contributed by atoms with E-state index in [2.05, 4.69) is 15.7 Å². The second-order valence-corrected chi connectivity index (χ2v) is 5.42. The van der Waals surface area contributed by atoms with Gasteiger partial charge in [-0.1, -0.05) is 12.1 Å². The Balaban J connectivity index is 0.00000176. The molecule has 1 aliphatic heterocycles. The largest absolute Gasteiger partial charge is 0.348 e. The van der Waals surface area contributed by atoms with E-state index >= 15 is 0 Å². The van der Waals surface area contributed by atoms with Crippen molar-refractivity contribution in [2.75, 3.05) is 6.54 Å². The minimum absolute atomic E-state index is 0. The Morgan fingerprint density at radius 3 is 2.77 bits per heavy atom. The summed E-state index contributed by atoms with van der Waals surface area (Å²) >= 11 is 0. The highest BCUT2D eigenvalue weighted by molar-refractivity contribution is 5.85. The van der Waals surface area contributed by atoms with Crippen LogP contribution in [0.2, 0.25) is 0 Å². The van der Waals surface area contributed by atoms with Gasteiger partial charge in [-0.3, -0.25) is 4.79 Å². The molecule has 5 nitrogen and oxygen atoms in total. The summed E-state index contributed by atoms with van der Waals surface area (Å²) in [5.41, 5.74) is 2.11. The van der Waals surface area contributed by atoms with E-state index < -0.39 is 0 Å². The lowest BCUT2D eigenvalue weighted by atomic mass is 10.1. The van der Waals surface area contributed by atoms with Crippen molar-refractivity contribution in [3.8, 4) is 5.69 Å². The molecular weight excluding hydrogens is 300 g/mol. The molecule has 2 aromatic rings. The minimum atomic E-state index is -0.0317. The summed E-state index contributed by atoms with van der Waals surface area (Å²) in [7, 11) is 0. The van der Waals surface area contributed by atoms with Gasteiger partial charge in [0.2, 0.25) is 5.91 Å². The van der Waals surface area contributed by atoms with Crippen molar-refractivity contribution >= 4 is 18.3 Å². The molecule has 1 fully saturated rings. The molecule has 22 heavy (non-hydrogen) atoms. The number of carbonyl (C=O) groups excluding carboxylic acids is 1. The third-order valence-corrected chi connectivity index (χ3v) is 3.90. The number of benzene rings is 1. The van der Waals surface area contributed by atoms with Crippen molar-refractivity contribution in [2.24, 2.45) is 0 Å². The number of aromatic nitrogens is 2. The molecule has 2 heterocycles. The number of amides is 1. The van der Waals surface area contributed by atoms with E-state index in [1.54, 1.807) is 6.20 Å². The molecule has 1 aromatic carbocycles. The molecule has 2 N–H and O–H groups in total. The van der Waals surface area contributed by atoms with Crippen molar-refractivity contribution in [3.63, 3.8) is 0 Å². The first kappa shape index (κ1) is 16.5. The Morgan fingerprint density at radius 2 is 2.18 bits per heavy atom. The fourth-order valence-corrected chi connectivity index (χ4v) is 2.64. The molecule has 118 valence electrons. The van der Waals surface area contributed by atoms with Crippen LogP contribution in [-0.2, 0) is 4.79 Å². The fraction of sp³-hybridized carbons (Fsp3) is 0.375.